The van der Waals surface area contributed by atoms with Gasteiger partial charge >= 0.3 is 0 Å². The maximum absolute atomic E-state index is 11.8. The third kappa shape index (κ3) is 4.03. The Morgan fingerprint density at radius 1 is 1.27 bits per heavy atom. The molecule has 1 N–H and O–H groups in total. The molecule has 1 aromatic heterocycles. The maximum Gasteiger partial charge on any atom is 0.279 e. The lowest BCUT2D eigenvalue weighted by molar-refractivity contribution is -0.171. The van der Waals surface area contributed by atoms with Crippen molar-refractivity contribution in [2.45, 2.75) is 12.7 Å². The molecule has 1 unspecified atom stereocenters. The Morgan fingerprint density at radius 3 is 2.55 bits per heavy atom. The van der Waals surface area contributed by atoms with E-state index in [2.05, 4.69) is 4.98 Å². The van der Waals surface area contributed by atoms with E-state index in [0.29, 0.717) is 23.0 Å². The fraction of sp³-hybridized carbons (Fsp3) is 0.250. The normalized spacial score (nSPS) is 11.8. The van der Waals surface area contributed by atoms with Crippen LogP contribution in [0, 0.1) is 0 Å². The number of hydrogen-bond donors (Lipinski definition) is 1. The van der Waals surface area contributed by atoms with E-state index in [-0.39, 0.29) is 0 Å². The number of hydrogen-bond acceptors (Lipinski definition) is 5. The molecule has 0 aliphatic carbocycles. The van der Waals surface area contributed by atoms with Crippen molar-refractivity contribution in [2.24, 2.45) is 0 Å². The van der Waals surface area contributed by atoms with Gasteiger partial charge in [0.05, 0.1) is 5.69 Å². The van der Waals surface area contributed by atoms with Crippen molar-refractivity contribution in [1.82, 2.24) is 10.0 Å². The molecule has 0 radical (unpaired) electrons. The van der Waals surface area contributed by atoms with E-state index >= 15 is 0 Å². The van der Waals surface area contributed by atoms with Crippen LogP contribution >= 0.6 is 0 Å². The van der Waals surface area contributed by atoms with Crippen molar-refractivity contribution >= 4 is 5.91 Å². The second-order valence-electron chi connectivity index (χ2n) is 4.66. The maximum atomic E-state index is 11.8. The van der Waals surface area contributed by atoms with Crippen LogP contribution in [-0.4, -0.2) is 35.3 Å². The molecule has 2 rings (SSSR count). The summed E-state index contributed by atoms with van der Waals surface area (Å²) in [6.07, 6.45) is 0.863. The average Bonchev–Trinajstić information content (AvgIpc) is 2.55. The third-order valence-electron chi connectivity index (χ3n) is 3.07. The van der Waals surface area contributed by atoms with Gasteiger partial charge in [-0.2, -0.15) is 0 Å². The smallest absolute Gasteiger partial charge is 0.279 e. The molecule has 6 heteroatoms. The number of aromatic nitrogens is 1. The topological polar surface area (TPSA) is 71.9 Å². The van der Waals surface area contributed by atoms with Crippen molar-refractivity contribution in [2.75, 3.05) is 14.2 Å². The molecule has 1 amide bonds. The van der Waals surface area contributed by atoms with Crippen molar-refractivity contribution in [3.63, 3.8) is 0 Å². The first kappa shape index (κ1) is 15.9. The monoisotopic (exact) mass is 302 g/mol. The molecule has 1 heterocycles. The van der Waals surface area contributed by atoms with Crippen molar-refractivity contribution < 1.29 is 19.5 Å². The number of rotatable bonds is 6. The first-order valence-corrected chi connectivity index (χ1v) is 6.73. The van der Waals surface area contributed by atoms with E-state index in [0.717, 1.165) is 5.69 Å². The van der Waals surface area contributed by atoms with Crippen LogP contribution in [0.4, 0.5) is 0 Å². The van der Waals surface area contributed by atoms with E-state index in [4.69, 9.17) is 9.47 Å². The van der Waals surface area contributed by atoms with Gasteiger partial charge in [0, 0.05) is 20.4 Å². The SMILES string of the molecule is COC(C(=O)N(C)O)c1ccc(OCc2ccccn2)cc1. The van der Waals surface area contributed by atoms with Gasteiger partial charge in [0.1, 0.15) is 12.4 Å². The Labute approximate surface area is 128 Å². The summed E-state index contributed by atoms with van der Waals surface area (Å²) in [5.74, 6) is 0.124. The summed E-state index contributed by atoms with van der Waals surface area (Å²) in [6, 6.07) is 12.6. The molecule has 22 heavy (non-hydrogen) atoms. The van der Waals surface area contributed by atoms with Crippen LogP contribution in [0.3, 0.4) is 0 Å². The summed E-state index contributed by atoms with van der Waals surface area (Å²) in [6.45, 7) is 0.367. The Kier molecular flexibility index (Phi) is 5.46. The highest BCUT2D eigenvalue weighted by Gasteiger charge is 2.22. The Balaban J connectivity index is 2.02. The Hall–Kier alpha value is -2.44. The average molecular weight is 302 g/mol. The number of amides is 1. The van der Waals surface area contributed by atoms with Gasteiger partial charge < -0.3 is 9.47 Å². The number of benzene rings is 1. The summed E-state index contributed by atoms with van der Waals surface area (Å²) < 4.78 is 10.7. The number of pyridine rings is 1. The van der Waals surface area contributed by atoms with Crippen LogP contribution < -0.4 is 4.74 Å². The number of likely N-dealkylation sites (N-methyl/N-ethyl adjacent to an activating group) is 1. The van der Waals surface area contributed by atoms with E-state index in [1.165, 1.54) is 14.2 Å². The van der Waals surface area contributed by atoms with Gasteiger partial charge in [0.2, 0.25) is 0 Å². The minimum atomic E-state index is -0.847. The lowest BCUT2D eigenvalue weighted by Crippen LogP contribution is -2.29. The van der Waals surface area contributed by atoms with Crippen molar-refractivity contribution in [3.05, 3.63) is 59.9 Å². The van der Waals surface area contributed by atoms with Crippen LogP contribution in [0.2, 0.25) is 0 Å². The molecule has 1 aromatic carbocycles. The second kappa shape index (κ2) is 7.53. The summed E-state index contributed by atoms with van der Waals surface area (Å²) in [5.41, 5.74) is 1.47. The summed E-state index contributed by atoms with van der Waals surface area (Å²) >= 11 is 0. The minimum Gasteiger partial charge on any atom is -0.487 e. The molecule has 116 valence electrons. The molecule has 6 nitrogen and oxygen atoms in total. The Morgan fingerprint density at radius 2 is 2.00 bits per heavy atom. The number of nitrogens with zero attached hydrogens (tertiary/aromatic N) is 2. The van der Waals surface area contributed by atoms with Crippen LogP contribution in [0.25, 0.3) is 0 Å². The fourth-order valence-electron chi connectivity index (χ4n) is 1.93. The molecule has 1 atom stereocenters. The molecular weight excluding hydrogens is 284 g/mol. The standard InChI is InChI=1S/C16H18N2O4/c1-18(20)16(19)15(21-2)12-6-8-14(9-7-12)22-11-13-5-3-4-10-17-13/h3-10,15,20H,11H2,1-2H3. The first-order chi connectivity index (χ1) is 10.6. The summed E-state index contributed by atoms with van der Waals surface area (Å²) in [7, 11) is 2.68. The van der Waals surface area contributed by atoms with E-state index in [1.807, 2.05) is 18.2 Å². The number of methoxy groups -OCH3 is 1. The molecule has 0 fully saturated rings. The molecule has 0 saturated carbocycles. The lowest BCUT2D eigenvalue weighted by Gasteiger charge is -2.18. The van der Waals surface area contributed by atoms with Crippen LogP contribution in [0.1, 0.15) is 17.4 Å². The number of carbonyl (C=O) groups is 1. The predicted molar refractivity (Wildman–Crippen MR) is 79.3 cm³/mol. The summed E-state index contributed by atoms with van der Waals surface area (Å²) in [4.78, 5) is 16.0. The molecule has 0 saturated heterocycles. The molecule has 0 aliphatic rings. The van der Waals surface area contributed by atoms with Crippen LogP contribution in [0.15, 0.2) is 48.7 Å². The lowest BCUT2D eigenvalue weighted by atomic mass is 10.1. The third-order valence-corrected chi connectivity index (χ3v) is 3.07. The van der Waals surface area contributed by atoms with E-state index in [1.54, 1.807) is 30.5 Å². The quantitative estimate of drug-likeness (QED) is 0.654. The highest BCUT2D eigenvalue weighted by molar-refractivity contribution is 5.81. The van der Waals surface area contributed by atoms with Gasteiger partial charge in [-0.15, -0.1) is 0 Å². The number of hydroxylamine groups is 2. The van der Waals surface area contributed by atoms with E-state index in [9.17, 15) is 10.0 Å². The fourth-order valence-corrected chi connectivity index (χ4v) is 1.93. The molecular formula is C16H18N2O4. The van der Waals surface area contributed by atoms with Gasteiger partial charge in [0.15, 0.2) is 6.10 Å². The molecule has 0 spiro atoms. The zero-order valence-corrected chi connectivity index (χ0v) is 12.5. The van der Waals surface area contributed by atoms with Crippen LogP contribution in [-0.2, 0) is 16.1 Å². The number of ether oxygens (including phenoxy) is 2. The zero-order valence-electron chi connectivity index (χ0n) is 12.5. The highest BCUT2D eigenvalue weighted by Crippen LogP contribution is 2.22. The largest absolute Gasteiger partial charge is 0.487 e. The molecule has 0 aliphatic heterocycles. The second-order valence-corrected chi connectivity index (χ2v) is 4.66. The van der Waals surface area contributed by atoms with Crippen molar-refractivity contribution in [3.8, 4) is 5.75 Å². The highest BCUT2D eigenvalue weighted by atomic mass is 16.5. The van der Waals surface area contributed by atoms with Gasteiger partial charge in [-0.1, -0.05) is 18.2 Å². The van der Waals surface area contributed by atoms with Gasteiger partial charge in [0.25, 0.3) is 5.91 Å². The van der Waals surface area contributed by atoms with E-state index < -0.39 is 12.0 Å². The van der Waals surface area contributed by atoms with Gasteiger partial charge in [-0.3, -0.25) is 15.0 Å². The Bertz CT molecular complexity index is 599. The molecule has 2 aromatic rings. The van der Waals surface area contributed by atoms with Crippen LogP contribution in [0.5, 0.6) is 5.75 Å². The van der Waals surface area contributed by atoms with Gasteiger partial charge in [-0.25, -0.2) is 5.06 Å². The summed E-state index contributed by atoms with van der Waals surface area (Å²) in [5, 5.41) is 9.73. The zero-order chi connectivity index (χ0) is 15.9. The predicted octanol–water partition coefficient (Wildman–Crippen LogP) is 2.20. The van der Waals surface area contributed by atoms with Crippen molar-refractivity contribution in [1.29, 1.82) is 0 Å². The molecule has 0 bridgehead atoms. The minimum absolute atomic E-state index is 0.367. The van der Waals surface area contributed by atoms with Gasteiger partial charge in [-0.05, 0) is 29.8 Å². The number of carbonyl (C=O) groups excluding carboxylic acids is 1. The first-order valence-electron chi connectivity index (χ1n) is 6.73.